The van der Waals surface area contributed by atoms with E-state index in [0.717, 1.165) is 23.1 Å². The van der Waals surface area contributed by atoms with Crippen LogP contribution < -0.4 is 5.32 Å². The Bertz CT molecular complexity index is 856. The highest BCUT2D eigenvalue weighted by atomic mass is 16.2. The molecule has 0 atom stereocenters. The average Bonchev–Trinajstić information content (AvgIpc) is 2.78. The van der Waals surface area contributed by atoms with Crippen molar-refractivity contribution in [3.8, 4) is 11.1 Å². The Morgan fingerprint density at radius 1 is 1.13 bits per heavy atom. The zero-order valence-corrected chi connectivity index (χ0v) is 18.4. The van der Waals surface area contributed by atoms with Gasteiger partial charge in [-0.3, -0.25) is 14.6 Å². The molecule has 0 saturated carbocycles. The van der Waals surface area contributed by atoms with Gasteiger partial charge in [-0.1, -0.05) is 51.1 Å². The molecular weight excluding hydrogens is 374 g/mol. The predicted molar refractivity (Wildman–Crippen MR) is 120 cm³/mol. The van der Waals surface area contributed by atoms with Crippen molar-refractivity contribution < 1.29 is 9.59 Å². The van der Waals surface area contributed by atoms with Gasteiger partial charge in [0.2, 0.25) is 11.8 Å². The first kappa shape index (κ1) is 22.0. The van der Waals surface area contributed by atoms with Gasteiger partial charge in [0.1, 0.15) is 0 Å². The fraction of sp³-hybridized carbons (Fsp3) is 0.480. The summed E-state index contributed by atoms with van der Waals surface area (Å²) in [5.74, 6) is 0.271. The number of rotatable bonds is 7. The van der Waals surface area contributed by atoms with Crippen molar-refractivity contribution in [1.29, 1.82) is 0 Å². The minimum Gasteiger partial charge on any atom is -0.356 e. The monoisotopic (exact) mass is 407 g/mol. The highest BCUT2D eigenvalue weighted by Crippen LogP contribution is 2.38. The standard InChI is InChI=1S/C25H33N3O2/c1-4-13-27-24(30)25(11-15-28(16-12-25)23(29)19(2)3)17-20-8-5-6-10-22(20)21-9-7-14-26-18-21/h5-10,14,18-19H,4,11-13,15-17H2,1-3H3,(H,27,30). The Kier molecular flexibility index (Phi) is 7.24. The van der Waals surface area contributed by atoms with E-state index >= 15 is 0 Å². The van der Waals surface area contributed by atoms with Crippen molar-refractivity contribution in [1.82, 2.24) is 15.2 Å². The lowest BCUT2D eigenvalue weighted by molar-refractivity contribution is -0.142. The molecule has 1 aliphatic rings. The SMILES string of the molecule is CCCNC(=O)C1(Cc2ccccc2-c2cccnc2)CCN(C(=O)C(C)C)CC1. The smallest absolute Gasteiger partial charge is 0.226 e. The number of hydrogen-bond acceptors (Lipinski definition) is 3. The molecule has 2 heterocycles. The lowest BCUT2D eigenvalue weighted by Crippen LogP contribution is -2.52. The highest BCUT2D eigenvalue weighted by Gasteiger charge is 2.42. The molecular formula is C25H33N3O2. The average molecular weight is 408 g/mol. The van der Waals surface area contributed by atoms with Crippen LogP contribution in [0.4, 0.5) is 0 Å². The molecule has 0 aliphatic carbocycles. The molecule has 5 nitrogen and oxygen atoms in total. The van der Waals surface area contributed by atoms with Crippen molar-refractivity contribution in [2.45, 2.75) is 46.5 Å². The molecule has 3 rings (SSSR count). The van der Waals surface area contributed by atoms with E-state index in [1.165, 1.54) is 0 Å². The maximum atomic E-state index is 13.3. The quantitative estimate of drug-likeness (QED) is 0.752. The van der Waals surface area contributed by atoms with Crippen molar-refractivity contribution >= 4 is 11.8 Å². The fourth-order valence-corrected chi connectivity index (χ4v) is 4.27. The number of hydrogen-bond donors (Lipinski definition) is 1. The first-order valence-corrected chi connectivity index (χ1v) is 11.0. The minimum atomic E-state index is -0.499. The van der Waals surface area contributed by atoms with Crippen molar-refractivity contribution in [2.24, 2.45) is 11.3 Å². The zero-order chi connectivity index (χ0) is 21.6. The molecule has 1 N–H and O–H groups in total. The Balaban J connectivity index is 1.88. The van der Waals surface area contributed by atoms with Crippen LogP contribution >= 0.6 is 0 Å². The van der Waals surface area contributed by atoms with Gasteiger partial charge in [-0.2, -0.15) is 0 Å². The van der Waals surface area contributed by atoms with Crippen LogP contribution in [0.1, 0.15) is 45.6 Å². The molecule has 2 aromatic rings. The number of benzene rings is 1. The lowest BCUT2D eigenvalue weighted by atomic mass is 9.72. The van der Waals surface area contributed by atoms with Gasteiger partial charge in [0, 0.05) is 43.5 Å². The van der Waals surface area contributed by atoms with Gasteiger partial charge in [0.15, 0.2) is 0 Å². The number of nitrogens with one attached hydrogen (secondary N) is 1. The number of carbonyl (C=O) groups is 2. The summed E-state index contributed by atoms with van der Waals surface area (Å²) in [7, 11) is 0. The van der Waals surface area contributed by atoms with Gasteiger partial charge < -0.3 is 10.2 Å². The summed E-state index contributed by atoms with van der Waals surface area (Å²) in [6, 6.07) is 12.3. The zero-order valence-electron chi connectivity index (χ0n) is 18.4. The summed E-state index contributed by atoms with van der Waals surface area (Å²) in [5, 5.41) is 3.13. The molecule has 1 aromatic heterocycles. The van der Waals surface area contributed by atoms with Gasteiger partial charge in [-0.15, -0.1) is 0 Å². The van der Waals surface area contributed by atoms with Gasteiger partial charge >= 0.3 is 0 Å². The van der Waals surface area contributed by atoms with E-state index in [1.807, 2.05) is 43.1 Å². The Labute approximate surface area is 179 Å². The first-order valence-electron chi connectivity index (χ1n) is 11.0. The number of carbonyl (C=O) groups excluding carboxylic acids is 2. The van der Waals surface area contributed by atoms with Crippen LogP contribution in [-0.2, 0) is 16.0 Å². The molecule has 1 aliphatic heterocycles. The van der Waals surface area contributed by atoms with Crippen molar-refractivity contribution in [3.05, 3.63) is 54.4 Å². The molecule has 1 fully saturated rings. The van der Waals surface area contributed by atoms with E-state index in [0.29, 0.717) is 38.9 Å². The summed E-state index contributed by atoms with van der Waals surface area (Å²) in [6.07, 6.45) is 6.58. The predicted octanol–water partition coefficient (Wildman–Crippen LogP) is 4.08. The van der Waals surface area contributed by atoms with Gasteiger partial charge in [-0.05, 0) is 42.9 Å². The number of piperidine rings is 1. The Morgan fingerprint density at radius 3 is 2.50 bits per heavy atom. The molecule has 1 aromatic carbocycles. The molecule has 0 unspecified atom stereocenters. The number of likely N-dealkylation sites (tertiary alicyclic amines) is 1. The maximum absolute atomic E-state index is 13.3. The van der Waals surface area contributed by atoms with Crippen LogP contribution in [-0.4, -0.2) is 41.3 Å². The lowest BCUT2D eigenvalue weighted by Gasteiger charge is -2.41. The minimum absolute atomic E-state index is 0.0160. The third kappa shape index (κ3) is 4.89. The Morgan fingerprint density at radius 2 is 1.87 bits per heavy atom. The molecule has 160 valence electrons. The van der Waals surface area contributed by atoms with Crippen LogP contribution in [0.15, 0.2) is 48.8 Å². The summed E-state index contributed by atoms with van der Waals surface area (Å²) < 4.78 is 0. The van der Waals surface area contributed by atoms with E-state index in [1.54, 1.807) is 6.20 Å². The van der Waals surface area contributed by atoms with Crippen LogP contribution in [0.5, 0.6) is 0 Å². The van der Waals surface area contributed by atoms with E-state index in [4.69, 9.17) is 0 Å². The fourth-order valence-electron chi connectivity index (χ4n) is 4.27. The third-order valence-corrected chi connectivity index (χ3v) is 6.06. The summed E-state index contributed by atoms with van der Waals surface area (Å²) in [4.78, 5) is 32.0. The number of pyridine rings is 1. The van der Waals surface area contributed by atoms with Gasteiger partial charge in [-0.25, -0.2) is 0 Å². The summed E-state index contributed by atoms with van der Waals surface area (Å²) in [5.41, 5.74) is 2.83. The number of amides is 2. The molecule has 2 amide bonds. The van der Waals surface area contributed by atoms with Gasteiger partial charge in [0.05, 0.1) is 5.41 Å². The molecule has 5 heteroatoms. The molecule has 30 heavy (non-hydrogen) atoms. The normalized spacial score (nSPS) is 15.8. The van der Waals surface area contributed by atoms with Gasteiger partial charge in [0.25, 0.3) is 0 Å². The molecule has 0 radical (unpaired) electrons. The highest BCUT2D eigenvalue weighted by molar-refractivity contribution is 5.84. The van der Waals surface area contributed by atoms with E-state index < -0.39 is 5.41 Å². The summed E-state index contributed by atoms with van der Waals surface area (Å²) >= 11 is 0. The van der Waals surface area contributed by atoms with E-state index in [9.17, 15) is 9.59 Å². The van der Waals surface area contributed by atoms with Crippen molar-refractivity contribution in [2.75, 3.05) is 19.6 Å². The topological polar surface area (TPSA) is 62.3 Å². The third-order valence-electron chi connectivity index (χ3n) is 6.06. The molecule has 1 saturated heterocycles. The Hall–Kier alpha value is -2.69. The van der Waals surface area contributed by atoms with Crippen LogP contribution in [0, 0.1) is 11.3 Å². The number of nitrogens with zero attached hydrogens (tertiary/aromatic N) is 2. The number of aromatic nitrogens is 1. The van der Waals surface area contributed by atoms with Crippen LogP contribution in [0.25, 0.3) is 11.1 Å². The second-order valence-corrected chi connectivity index (χ2v) is 8.59. The summed E-state index contributed by atoms with van der Waals surface area (Å²) in [6.45, 7) is 7.87. The largest absolute Gasteiger partial charge is 0.356 e. The molecule has 0 bridgehead atoms. The van der Waals surface area contributed by atoms with E-state index in [2.05, 4.69) is 35.4 Å². The second kappa shape index (κ2) is 9.88. The van der Waals surface area contributed by atoms with Crippen LogP contribution in [0.3, 0.4) is 0 Å². The maximum Gasteiger partial charge on any atom is 0.226 e. The van der Waals surface area contributed by atoms with E-state index in [-0.39, 0.29) is 17.7 Å². The van der Waals surface area contributed by atoms with Crippen LogP contribution in [0.2, 0.25) is 0 Å². The van der Waals surface area contributed by atoms with Crippen molar-refractivity contribution in [3.63, 3.8) is 0 Å². The molecule has 0 spiro atoms. The first-order chi connectivity index (χ1) is 14.5. The second-order valence-electron chi connectivity index (χ2n) is 8.59.